The molecule has 0 aromatic carbocycles. The average molecular weight is 223 g/mol. The Morgan fingerprint density at radius 2 is 1.94 bits per heavy atom. The Kier molecular flexibility index (Phi) is 3.59. The highest BCUT2D eigenvalue weighted by molar-refractivity contribution is 4.99. The third-order valence-corrected chi connectivity index (χ3v) is 3.43. The summed E-state index contributed by atoms with van der Waals surface area (Å²) < 4.78 is 5.25. The van der Waals surface area contributed by atoms with Gasteiger partial charge in [-0.3, -0.25) is 0 Å². The molecule has 4 nitrogen and oxygen atoms in total. The van der Waals surface area contributed by atoms with Crippen molar-refractivity contribution in [2.75, 3.05) is 0 Å². The molecule has 1 aliphatic carbocycles. The molecule has 1 aromatic rings. The molecular weight excluding hydrogens is 202 g/mol. The van der Waals surface area contributed by atoms with Crippen molar-refractivity contribution in [2.24, 2.45) is 11.7 Å². The van der Waals surface area contributed by atoms with E-state index in [2.05, 4.69) is 24.0 Å². The molecule has 16 heavy (non-hydrogen) atoms. The zero-order chi connectivity index (χ0) is 11.5. The molecule has 0 aliphatic heterocycles. The number of nitrogens with two attached hydrogens (primary N) is 1. The lowest BCUT2D eigenvalue weighted by Gasteiger charge is -2.17. The Hall–Kier alpha value is -0.900. The van der Waals surface area contributed by atoms with Crippen molar-refractivity contribution >= 4 is 0 Å². The second-order valence-corrected chi connectivity index (χ2v) is 5.10. The summed E-state index contributed by atoms with van der Waals surface area (Å²) in [5.74, 6) is 2.28. The van der Waals surface area contributed by atoms with Gasteiger partial charge in [0.1, 0.15) is 0 Å². The van der Waals surface area contributed by atoms with Gasteiger partial charge in [-0.25, -0.2) is 0 Å². The lowest BCUT2D eigenvalue weighted by molar-refractivity contribution is 0.317. The number of hydrogen-bond acceptors (Lipinski definition) is 4. The topological polar surface area (TPSA) is 64.9 Å². The molecule has 0 bridgehead atoms. The Bertz CT molecular complexity index is 329. The molecule has 0 amide bonds. The molecule has 1 saturated carbocycles. The van der Waals surface area contributed by atoms with Crippen molar-refractivity contribution in [3.63, 3.8) is 0 Å². The van der Waals surface area contributed by atoms with E-state index >= 15 is 0 Å². The first-order valence-electron chi connectivity index (χ1n) is 6.27. The number of hydrogen-bond donors (Lipinski definition) is 1. The molecule has 1 aromatic heterocycles. The van der Waals surface area contributed by atoms with Crippen LogP contribution in [0.4, 0.5) is 0 Å². The van der Waals surface area contributed by atoms with E-state index in [1.165, 1.54) is 32.1 Å². The second kappa shape index (κ2) is 4.95. The second-order valence-electron chi connectivity index (χ2n) is 5.10. The van der Waals surface area contributed by atoms with Gasteiger partial charge in [-0.1, -0.05) is 38.3 Å². The van der Waals surface area contributed by atoms with Gasteiger partial charge in [-0.15, -0.1) is 0 Å². The SMILES string of the molecule is CC(C)[C@@H](N)c1nc(C2CCCCC2)no1. The summed E-state index contributed by atoms with van der Waals surface area (Å²) in [6.07, 6.45) is 6.29. The zero-order valence-electron chi connectivity index (χ0n) is 10.1. The minimum absolute atomic E-state index is 0.134. The van der Waals surface area contributed by atoms with Crippen LogP contribution in [-0.4, -0.2) is 10.1 Å². The van der Waals surface area contributed by atoms with Crippen LogP contribution in [0.25, 0.3) is 0 Å². The van der Waals surface area contributed by atoms with E-state index in [-0.39, 0.29) is 6.04 Å². The minimum atomic E-state index is -0.134. The van der Waals surface area contributed by atoms with Gasteiger partial charge in [0.05, 0.1) is 6.04 Å². The van der Waals surface area contributed by atoms with Gasteiger partial charge in [0.2, 0.25) is 5.89 Å². The summed E-state index contributed by atoms with van der Waals surface area (Å²) in [6, 6.07) is -0.134. The van der Waals surface area contributed by atoms with Crippen LogP contribution in [0, 0.1) is 5.92 Å². The van der Waals surface area contributed by atoms with E-state index < -0.39 is 0 Å². The molecule has 1 aliphatic rings. The number of rotatable bonds is 3. The molecule has 2 N–H and O–H groups in total. The summed E-state index contributed by atoms with van der Waals surface area (Å²) in [4.78, 5) is 4.45. The van der Waals surface area contributed by atoms with Gasteiger partial charge < -0.3 is 10.3 Å². The number of aromatic nitrogens is 2. The van der Waals surface area contributed by atoms with Crippen LogP contribution in [-0.2, 0) is 0 Å². The van der Waals surface area contributed by atoms with Crippen molar-refractivity contribution in [3.8, 4) is 0 Å². The average Bonchev–Trinajstić information content (AvgIpc) is 2.78. The monoisotopic (exact) mass is 223 g/mol. The van der Waals surface area contributed by atoms with Crippen molar-refractivity contribution < 1.29 is 4.52 Å². The van der Waals surface area contributed by atoms with Crippen LogP contribution in [0.2, 0.25) is 0 Å². The van der Waals surface area contributed by atoms with Gasteiger partial charge >= 0.3 is 0 Å². The fraction of sp³-hybridized carbons (Fsp3) is 0.833. The summed E-state index contributed by atoms with van der Waals surface area (Å²) in [5, 5.41) is 4.08. The van der Waals surface area contributed by atoms with Crippen LogP contribution in [0.1, 0.15) is 69.6 Å². The predicted molar refractivity (Wildman–Crippen MR) is 61.9 cm³/mol. The molecule has 1 heterocycles. The summed E-state index contributed by atoms with van der Waals surface area (Å²) in [5.41, 5.74) is 5.98. The summed E-state index contributed by atoms with van der Waals surface area (Å²) >= 11 is 0. The maximum atomic E-state index is 5.98. The fourth-order valence-electron chi connectivity index (χ4n) is 2.19. The Balaban J connectivity index is 2.06. The van der Waals surface area contributed by atoms with Crippen molar-refractivity contribution in [1.29, 1.82) is 0 Å². The molecule has 1 fully saturated rings. The highest BCUT2D eigenvalue weighted by Crippen LogP contribution is 2.31. The normalized spacial score (nSPS) is 20.2. The van der Waals surface area contributed by atoms with Crippen LogP contribution in [0.15, 0.2) is 4.52 Å². The van der Waals surface area contributed by atoms with E-state index in [0.29, 0.717) is 17.7 Å². The fourth-order valence-corrected chi connectivity index (χ4v) is 2.19. The first-order chi connectivity index (χ1) is 7.68. The van der Waals surface area contributed by atoms with E-state index in [9.17, 15) is 0 Å². The van der Waals surface area contributed by atoms with Gasteiger partial charge in [-0.05, 0) is 18.8 Å². The Morgan fingerprint density at radius 3 is 2.56 bits per heavy atom. The molecule has 0 spiro atoms. The predicted octanol–water partition coefficient (Wildman–Crippen LogP) is 2.77. The maximum absolute atomic E-state index is 5.98. The van der Waals surface area contributed by atoms with Crippen molar-refractivity contribution in [1.82, 2.24) is 10.1 Å². The smallest absolute Gasteiger partial charge is 0.243 e. The van der Waals surface area contributed by atoms with Gasteiger partial charge in [0, 0.05) is 5.92 Å². The van der Waals surface area contributed by atoms with E-state index in [0.717, 1.165) is 5.82 Å². The maximum Gasteiger partial charge on any atom is 0.243 e. The van der Waals surface area contributed by atoms with E-state index in [1.54, 1.807) is 0 Å². The zero-order valence-corrected chi connectivity index (χ0v) is 10.1. The van der Waals surface area contributed by atoms with Crippen LogP contribution in [0.3, 0.4) is 0 Å². The lowest BCUT2D eigenvalue weighted by Crippen LogP contribution is -2.17. The van der Waals surface area contributed by atoms with Crippen molar-refractivity contribution in [2.45, 2.75) is 57.9 Å². The van der Waals surface area contributed by atoms with Crippen LogP contribution in [0.5, 0.6) is 0 Å². The van der Waals surface area contributed by atoms with E-state index in [4.69, 9.17) is 10.3 Å². The Morgan fingerprint density at radius 1 is 1.25 bits per heavy atom. The minimum Gasteiger partial charge on any atom is -0.338 e. The number of nitrogens with zero attached hydrogens (tertiary/aromatic N) is 2. The molecule has 90 valence electrons. The molecule has 4 heteroatoms. The third kappa shape index (κ3) is 2.43. The Labute approximate surface area is 96.6 Å². The lowest BCUT2D eigenvalue weighted by atomic mass is 9.89. The third-order valence-electron chi connectivity index (χ3n) is 3.43. The van der Waals surface area contributed by atoms with Gasteiger partial charge in [-0.2, -0.15) is 4.98 Å². The molecule has 2 rings (SSSR count). The van der Waals surface area contributed by atoms with Crippen LogP contribution < -0.4 is 5.73 Å². The van der Waals surface area contributed by atoms with E-state index in [1.807, 2.05) is 0 Å². The molecule has 0 saturated heterocycles. The van der Waals surface area contributed by atoms with Crippen molar-refractivity contribution in [3.05, 3.63) is 11.7 Å². The highest BCUT2D eigenvalue weighted by Gasteiger charge is 2.23. The summed E-state index contributed by atoms with van der Waals surface area (Å²) in [7, 11) is 0. The molecule has 0 unspecified atom stereocenters. The van der Waals surface area contributed by atoms with Crippen LogP contribution >= 0.6 is 0 Å². The largest absolute Gasteiger partial charge is 0.338 e. The summed E-state index contributed by atoms with van der Waals surface area (Å²) in [6.45, 7) is 4.13. The quantitative estimate of drug-likeness (QED) is 0.855. The first kappa shape index (κ1) is 11.6. The van der Waals surface area contributed by atoms with Gasteiger partial charge in [0.15, 0.2) is 5.82 Å². The van der Waals surface area contributed by atoms with Gasteiger partial charge in [0.25, 0.3) is 0 Å². The molecule has 1 atom stereocenters. The standard InChI is InChI=1S/C12H21N3O/c1-8(2)10(13)12-14-11(15-16-12)9-6-4-3-5-7-9/h8-10H,3-7,13H2,1-2H3/t10-/m1/s1. The first-order valence-corrected chi connectivity index (χ1v) is 6.27. The highest BCUT2D eigenvalue weighted by atomic mass is 16.5. The molecule has 0 radical (unpaired) electrons. The molecular formula is C12H21N3O.